The van der Waals surface area contributed by atoms with Gasteiger partial charge in [0.05, 0.1) is 0 Å². The average Bonchev–Trinajstić information content (AvgIpc) is 1.85. The third kappa shape index (κ3) is 1.40. The number of pyridine rings is 1. The Labute approximate surface area is 65.6 Å². The Hall–Kier alpha value is -1.31. The molecule has 0 unspecified atom stereocenters. The van der Waals surface area contributed by atoms with E-state index < -0.39 is 0 Å². The Bertz CT molecular complexity index is 310. The Morgan fingerprint density at radius 3 is 2.64 bits per heavy atom. The summed E-state index contributed by atoms with van der Waals surface area (Å²) in [5, 5.41) is 0. The van der Waals surface area contributed by atoms with Crippen molar-refractivity contribution in [3.8, 4) is 0 Å². The van der Waals surface area contributed by atoms with E-state index >= 15 is 0 Å². The van der Waals surface area contributed by atoms with Crippen molar-refractivity contribution < 1.29 is 0 Å². The van der Waals surface area contributed by atoms with E-state index in [9.17, 15) is 4.79 Å². The van der Waals surface area contributed by atoms with Crippen molar-refractivity contribution in [2.45, 2.75) is 13.8 Å². The van der Waals surface area contributed by atoms with Crippen LogP contribution in [0.2, 0.25) is 0 Å². The van der Waals surface area contributed by atoms with Gasteiger partial charge in [0.15, 0.2) is 0 Å². The first kappa shape index (κ1) is 7.79. The minimum Gasteiger partial charge on any atom is -0.326 e. The van der Waals surface area contributed by atoms with E-state index in [-0.39, 0.29) is 5.56 Å². The zero-order chi connectivity index (χ0) is 8.43. The van der Waals surface area contributed by atoms with Crippen LogP contribution in [0, 0.1) is 13.8 Å². The molecule has 0 saturated carbocycles. The van der Waals surface area contributed by atoms with Crippen LogP contribution >= 0.6 is 0 Å². The molecule has 0 radical (unpaired) electrons. The van der Waals surface area contributed by atoms with Gasteiger partial charge in [-0.15, -0.1) is 0 Å². The summed E-state index contributed by atoms with van der Waals surface area (Å²) in [6.07, 6.45) is 1.75. The van der Waals surface area contributed by atoms with E-state index in [4.69, 9.17) is 0 Å². The van der Waals surface area contributed by atoms with Crippen LogP contribution in [0.1, 0.15) is 16.8 Å². The summed E-state index contributed by atoms with van der Waals surface area (Å²) in [7, 11) is 0. The van der Waals surface area contributed by atoms with Crippen molar-refractivity contribution in [2.75, 3.05) is 0 Å². The molecule has 0 fully saturated rings. The lowest BCUT2D eigenvalue weighted by Gasteiger charge is -2.02. The molecule has 1 heterocycles. The fourth-order valence-corrected chi connectivity index (χ4v) is 1.17. The van der Waals surface area contributed by atoms with Crippen molar-refractivity contribution >= 4 is 6.08 Å². The van der Waals surface area contributed by atoms with Gasteiger partial charge in [0.1, 0.15) is 0 Å². The second-order valence-corrected chi connectivity index (χ2v) is 2.56. The van der Waals surface area contributed by atoms with Crippen LogP contribution in [0.4, 0.5) is 0 Å². The monoisotopic (exact) mass is 149 g/mol. The quantitative estimate of drug-likeness (QED) is 0.646. The molecule has 2 heteroatoms. The maximum Gasteiger partial charge on any atom is 0.248 e. The van der Waals surface area contributed by atoms with Gasteiger partial charge in [-0.2, -0.15) is 0 Å². The summed E-state index contributed by atoms with van der Waals surface area (Å²) < 4.78 is 0. The van der Waals surface area contributed by atoms with E-state index in [0.717, 1.165) is 16.8 Å². The minimum atomic E-state index is -0.0504. The third-order valence-electron chi connectivity index (χ3n) is 1.69. The number of aromatic amines is 1. The fraction of sp³-hybridized carbons (Fsp3) is 0.222. The third-order valence-corrected chi connectivity index (χ3v) is 1.69. The van der Waals surface area contributed by atoms with E-state index in [0.29, 0.717) is 0 Å². The van der Waals surface area contributed by atoms with Gasteiger partial charge in [-0.1, -0.05) is 12.7 Å². The highest BCUT2D eigenvalue weighted by Gasteiger charge is 1.98. The normalized spacial score (nSPS) is 9.64. The highest BCUT2D eigenvalue weighted by molar-refractivity contribution is 5.53. The standard InChI is InChI=1S/C9H11NO/c1-4-8-6(2)5-9(11)10-7(8)3/h4-5H,1H2,2-3H3,(H,10,11). The molecule has 0 bridgehead atoms. The van der Waals surface area contributed by atoms with Gasteiger partial charge in [0, 0.05) is 11.8 Å². The van der Waals surface area contributed by atoms with Crippen LogP contribution in [0.15, 0.2) is 17.4 Å². The number of rotatable bonds is 1. The van der Waals surface area contributed by atoms with Gasteiger partial charge in [0.25, 0.3) is 0 Å². The predicted octanol–water partition coefficient (Wildman–Crippen LogP) is 1.63. The molecule has 0 atom stereocenters. The summed E-state index contributed by atoms with van der Waals surface area (Å²) in [6.45, 7) is 7.43. The Balaban J connectivity index is 3.48. The van der Waals surface area contributed by atoms with Crippen molar-refractivity contribution in [1.82, 2.24) is 4.98 Å². The summed E-state index contributed by atoms with van der Waals surface area (Å²) in [6, 6.07) is 1.57. The molecule has 0 aliphatic heterocycles. The fourth-order valence-electron chi connectivity index (χ4n) is 1.17. The molecule has 1 aromatic heterocycles. The van der Waals surface area contributed by atoms with Crippen molar-refractivity contribution in [1.29, 1.82) is 0 Å². The molecule has 11 heavy (non-hydrogen) atoms. The average molecular weight is 149 g/mol. The van der Waals surface area contributed by atoms with Gasteiger partial charge in [-0.3, -0.25) is 4.79 Å². The second kappa shape index (κ2) is 2.74. The molecule has 0 aliphatic rings. The molecule has 1 rings (SSSR count). The van der Waals surface area contributed by atoms with E-state index in [1.807, 2.05) is 13.8 Å². The molecule has 0 amide bonds. The molecule has 0 aromatic carbocycles. The number of aromatic nitrogens is 1. The van der Waals surface area contributed by atoms with Gasteiger partial charge in [0.2, 0.25) is 5.56 Å². The highest BCUT2D eigenvalue weighted by Crippen LogP contribution is 2.08. The summed E-state index contributed by atoms with van der Waals surface area (Å²) >= 11 is 0. The molecular weight excluding hydrogens is 138 g/mol. The van der Waals surface area contributed by atoms with Crippen molar-refractivity contribution in [2.24, 2.45) is 0 Å². The smallest absolute Gasteiger partial charge is 0.248 e. The number of hydrogen-bond acceptors (Lipinski definition) is 1. The van der Waals surface area contributed by atoms with Crippen LogP contribution in [0.3, 0.4) is 0 Å². The molecule has 0 aliphatic carbocycles. The van der Waals surface area contributed by atoms with Gasteiger partial charge in [-0.05, 0) is 25.0 Å². The van der Waals surface area contributed by atoms with Crippen LogP contribution in [-0.4, -0.2) is 4.98 Å². The number of hydrogen-bond donors (Lipinski definition) is 1. The summed E-state index contributed by atoms with van der Waals surface area (Å²) in [5.74, 6) is 0. The zero-order valence-electron chi connectivity index (χ0n) is 6.77. The van der Waals surface area contributed by atoms with Gasteiger partial charge >= 0.3 is 0 Å². The molecule has 0 spiro atoms. The van der Waals surface area contributed by atoms with Gasteiger partial charge < -0.3 is 4.98 Å². The topological polar surface area (TPSA) is 32.9 Å². The molecule has 0 saturated heterocycles. The lowest BCUT2D eigenvalue weighted by molar-refractivity contribution is 1.11. The number of aryl methyl sites for hydroxylation is 2. The Morgan fingerprint density at radius 2 is 2.18 bits per heavy atom. The van der Waals surface area contributed by atoms with Crippen LogP contribution in [0.5, 0.6) is 0 Å². The maximum atomic E-state index is 10.9. The first-order valence-corrected chi connectivity index (χ1v) is 3.48. The van der Waals surface area contributed by atoms with Crippen molar-refractivity contribution in [3.05, 3.63) is 39.8 Å². The molecule has 1 aromatic rings. The molecular formula is C9H11NO. The van der Waals surface area contributed by atoms with Crippen LogP contribution in [-0.2, 0) is 0 Å². The summed E-state index contributed by atoms with van der Waals surface area (Å²) in [4.78, 5) is 13.6. The largest absolute Gasteiger partial charge is 0.326 e. The van der Waals surface area contributed by atoms with E-state index in [1.54, 1.807) is 12.1 Å². The predicted molar refractivity (Wildman–Crippen MR) is 46.6 cm³/mol. The lowest BCUT2D eigenvalue weighted by atomic mass is 10.1. The van der Waals surface area contributed by atoms with Gasteiger partial charge in [-0.25, -0.2) is 0 Å². The first-order valence-electron chi connectivity index (χ1n) is 3.48. The SMILES string of the molecule is C=Cc1c(C)cc(=O)[nH]c1C. The minimum absolute atomic E-state index is 0.0504. The molecule has 2 nitrogen and oxygen atoms in total. The van der Waals surface area contributed by atoms with Crippen LogP contribution in [0.25, 0.3) is 6.08 Å². The maximum absolute atomic E-state index is 10.9. The molecule has 1 N–H and O–H groups in total. The number of H-pyrrole nitrogens is 1. The second-order valence-electron chi connectivity index (χ2n) is 2.56. The van der Waals surface area contributed by atoms with Crippen molar-refractivity contribution in [3.63, 3.8) is 0 Å². The molecule has 58 valence electrons. The Morgan fingerprint density at radius 1 is 1.55 bits per heavy atom. The summed E-state index contributed by atoms with van der Waals surface area (Å²) in [5.41, 5.74) is 2.82. The first-order chi connectivity index (χ1) is 5.15. The van der Waals surface area contributed by atoms with E-state index in [1.165, 1.54) is 0 Å². The lowest BCUT2D eigenvalue weighted by Crippen LogP contribution is -2.08. The van der Waals surface area contributed by atoms with E-state index in [2.05, 4.69) is 11.6 Å². The number of nitrogens with one attached hydrogen (secondary N) is 1. The highest BCUT2D eigenvalue weighted by atomic mass is 16.1. The zero-order valence-corrected chi connectivity index (χ0v) is 6.77. The van der Waals surface area contributed by atoms with Crippen LogP contribution < -0.4 is 5.56 Å². The Kier molecular flexibility index (Phi) is 1.94.